The van der Waals surface area contributed by atoms with Crippen LogP contribution < -0.4 is 16.0 Å². The summed E-state index contributed by atoms with van der Waals surface area (Å²) in [6.07, 6.45) is 0.842. The lowest BCUT2D eigenvalue weighted by molar-refractivity contribution is -0.121. The van der Waals surface area contributed by atoms with Crippen LogP contribution in [0.4, 0.5) is 0 Å². The van der Waals surface area contributed by atoms with Crippen molar-refractivity contribution in [2.45, 2.75) is 46.6 Å². The molecule has 1 aromatic rings. The number of amides is 1. The van der Waals surface area contributed by atoms with E-state index < -0.39 is 0 Å². The van der Waals surface area contributed by atoms with E-state index in [9.17, 15) is 4.79 Å². The predicted molar refractivity (Wildman–Crippen MR) is 108 cm³/mol. The Kier molecular flexibility index (Phi) is 9.67. The number of guanidine groups is 1. The molecule has 0 saturated heterocycles. The molecule has 0 aliphatic carbocycles. The topological polar surface area (TPSA) is 78.4 Å². The van der Waals surface area contributed by atoms with Gasteiger partial charge in [-0.05, 0) is 34.6 Å². The lowest BCUT2D eigenvalue weighted by atomic mass is 10.1. The second-order valence-corrected chi connectivity index (χ2v) is 7.44. The van der Waals surface area contributed by atoms with Gasteiger partial charge in [-0.2, -0.15) is 0 Å². The fraction of sp³-hybridized carbons (Fsp3) is 0.667. The molecule has 0 spiro atoms. The molecule has 1 aromatic heterocycles. The lowest BCUT2D eigenvalue weighted by Gasteiger charge is -2.21. The first-order chi connectivity index (χ1) is 10.2. The summed E-state index contributed by atoms with van der Waals surface area (Å²) in [4.78, 5) is 21.6. The minimum atomic E-state index is -0.226. The molecule has 0 aromatic carbocycles. The Hall–Kier alpha value is -0.900. The van der Waals surface area contributed by atoms with Gasteiger partial charge in [-0.1, -0.05) is 0 Å². The summed E-state index contributed by atoms with van der Waals surface area (Å²) >= 11 is 1.72. The average molecular weight is 453 g/mol. The average Bonchev–Trinajstić information content (AvgIpc) is 2.70. The van der Waals surface area contributed by atoms with Crippen molar-refractivity contribution in [3.8, 4) is 0 Å². The van der Waals surface area contributed by atoms with E-state index >= 15 is 0 Å². The van der Waals surface area contributed by atoms with E-state index in [-0.39, 0.29) is 42.0 Å². The van der Waals surface area contributed by atoms with Gasteiger partial charge < -0.3 is 16.0 Å². The number of hydrogen-bond acceptors (Lipinski definition) is 4. The summed E-state index contributed by atoms with van der Waals surface area (Å²) in [7, 11) is 1.69. The Morgan fingerprint density at radius 3 is 2.39 bits per heavy atom. The van der Waals surface area contributed by atoms with Crippen LogP contribution in [-0.4, -0.2) is 42.5 Å². The third kappa shape index (κ3) is 9.09. The molecular formula is C15H28IN5OS. The molecule has 0 atom stereocenters. The number of hydrogen-bond donors (Lipinski definition) is 3. The van der Waals surface area contributed by atoms with E-state index in [1.807, 2.05) is 27.7 Å². The van der Waals surface area contributed by atoms with Crippen LogP contribution in [0.3, 0.4) is 0 Å². The van der Waals surface area contributed by atoms with Crippen LogP contribution in [0.2, 0.25) is 0 Å². The zero-order valence-corrected chi connectivity index (χ0v) is 17.9. The molecule has 0 aliphatic rings. The Bertz CT molecular complexity index is 517. The highest BCUT2D eigenvalue weighted by Crippen LogP contribution is 2.16. The van der Waals surface area contributed by atoms with Gasteiger partial charge in [0, 0.05) is 30.4 Å². The molecule has 0 bridgehead atoms. The highest BCUT2D eigenvalue weighted by atomic mass is 127. The normalized spacial score (nSPS) is 11.7. The highest BCUT2D eigenvalue weighted by Gasteiger charge is 2.13. The maximum atomic E-state index is 11.7. The zero-order valence-electron chi connectivity index (χ0n) is 14.7. The summed E-state index contributed by atoms with van der Waals surface area (Å²) in [5.41, 5.74) is 0.873. The third-order valence-corrected chi connectivity index (χ3v) is 3.99. The molecule has 0 aliphatic heterocycles. The summed E-state index contributed by atoms with van der Waals surface area (Å²) in [6, 6.07) is 0. The number of halogens is 1. The van der Waals surface area contributed by atoms with Gasteiger partial charge in [0.2, 0.25) is 5.91 Å². The van der Waals surface area contributed by atoms with E-state index in [1.165, 1.54) is 4.88 Å². The number of aryl methyl sites for hydroxylation is 2. The quantitative estimate of drug-likeness (QED) is 0.362. The summed E-state index contributed by atoms with van der Waals surface area (Å²) < 4.78 is 0. The van der Waals surface area contributed by atoms with Crippen molar-refractivity contribution >= 4 is 47.2 Å². The van der Waals surface area contributed by atoms with Gasteiger partial charge in [0.25, 0.3) is 0 Å². The Balaban J connectivity index is 0.00000484. The molecule has 0 radical (unpaired) electrons. The molecule has 132 valence electrons. The van der Waals surface area contributed by atoms with Gasteiger partial charge in [0.1, 0.15) is 0 Å². The SMILES string of the molecule is CN=C(NCCc1nc(C)c(C)s1)NCC(=O)NC(C)(C)C.I. The molecule has 0 saturated carbocycles. The fourth-order valence-corrected chi connectivity index (χ4v) is 2.71. The standard InChI is InChI=1S/C15H27N5OS.HI/c1-10-11(2)22-13(19-10)7-8-17-14(16-6)18-9-12(21)20-15(3,4)5;/h7-9H2,1-6H3,(H,20,21)(H2,16,17,18);1H. The van der Waals surface area contributed by atoms with Crippen molar-refractivity contribution in [1.29, 1.82) is 0 Å². The van der Waals surface area contributed by atoms with Crippen molar-refractivity contribution in [3.05, 3.63) is 15.6 Å². The number of thiazole rings is 1. The van der Waals surface area contributed by atoms with Crippen LogP contribution in [0.15, 0.2) is 4.99 Å². The van der Waals surface area contributed by atoms with Gasteiger partial charge in [-0.25, -0.2) is 4.98 Å². The number of aromatic nitrogens is 1. The van der Waals surface area contributed by atoms with E-state index in [0.717, 1.165) is 23.7 Å². The van der Waals surface area contributed by atoms with Gasteiger partial charge in [-0.15, -0.1) is 35.3 Å². The first kappa shape index (κ1) is 22.1. The Morgan fingerprint density at radius 2 is 1.91 bits per heavy atom. The second-order valence-electron chi connectivity index (χ2n) is 6.15. The highest BCUT2D eigenvalue weighted by molar-refractivity contribution is 14.0. The molecule has 1 amide bonds. The summed E-state index contributed by atoms with van der Waals surface area (Å²) in [5, 5.41) is 10.2. The lowest BCUT2D eigenvalue weighted by Crippen LogP contribution is -2.48. The van der Waals surface area contributed by atoms with Gasteiger partial charge in [-0.3, -0.25) is 9.79 Å². The van der Waals surface area contributed by atoms with Crippen LogP contribution in [-0.2, 0) is 11.2 Å². The molecular weight excluding hydrogens is 425 g/mol. The second kappa shape index (κ2) is 10.1. The van der Waals surface area contributed by atoms with Crippen LogP contribution in [0.25, 0.3) is 0 Å². The number of carbonyl (C=O) groups excluding carboxylic acids is 1. The van der Waals surface area contributed by atoms with Gasteiger partial charge >= 0.3 is 0 Å². The monoisotopic (exact) mass is 453 g/mol. The van der Waals surface area contributed by atoms with Crippen molar-refractivity contribution in [3.63, 3.8) is 0 Å². The minimum absolute atomic E-state index is 0. The fourth-order valence-electron chi connectivity index (χ4n) is 1.78. The van der Waals surface area contributed by atoms with E-state index in [0.29, 0.717) is 5.96 Å². The maximum Gasteiger partial charge on any atom is 0.239 e. The molecule has 0 unspecified atom stereocenters. The largest absolute Gasteiger partial charge is 0.356 e. The third-order valence-electron chi connectivity index (χ3n) is 2.86. The number of aliphatic imine (C=N–C) groups is 1. The molecule has 0 fully saturated rings. The number of rotatable bonds is 5. The van der Waals surface area contributed by atoms with Crippen molar-refractivity contribution in [2.24, 2.45) is 4.99 Å². The van der Waals surface area contributed by atoms with Crippen LogP contribution in [0.5, 0.6) is 0 Å². The van der Waals surface area contributed by atoms with E-state index in [1.54, 1.807) is 18.4 Å². The van der Waals surface area contributed by atoms with Crippen LogP contribution in [0, 0.1) is 13.8 Å². The number of nitrogens with zero attached hydrogens (tertiary/aromatic N) is 2. The molecule has 1 heterocycles. The van der Waals surface area contributed by atoms with Crippen molar-refractivity contribution < 1.29 is 4.79 Å². The number of nitrogens with one attached hydrogen (secondary N) is 3. The molecule has 3 N–H and O–H groups in total. The summed E-state index contributed by atoms with van der Waals surface area (Å²) in [5.74, 6) is 0.565. The Labute approximate surface area is 160 Å². The van der Waals surface area contributed by atoms with E-state index in [2.05, 4.69) is 32.9 Å². The molecule has 6 nitrogen and oxygen atoms in total. The maximum absolute atomic E-state index is 11.7. The smallest absolute Gasteiger partial charge is 0.239 e. The van der Waals surface area contributed by atoms with Gasteiger partial charge in [0.05, 0.1) is 17.2 Å². The minimum Gasteiger partial charge on any atom is -0.356 e. The van der Waals surface area contributed by atoms with E-state index in [4.69, 9.17) is 0 Å². The Morgan fingerprint density at radius 1 is 1.26 bits per heavy atom. The van der Waals surface area contributed by atoms with Gasteiger partial charge in [0.15, 0.2) is 5.96 Å². The zero-order chi connectivity index (χ0) is 16.8. The van der Waals surface area contributed by atoms with Crippen LogP contribution >= 0.6 is 35.3 Å². The first-order valence-electron chi connectivity index (χ1n) is 7.39. The molecule has 1 rings (SSSR count). The molecule has 23 heavy (non-hydrogen) atoms. The van der Waals surface area contributed by atoms with Crippen molar-refractivity contribution in [2.75, 3.05) is 20.1 Å². The predicted octanol–water partition coefficient (Wildman–Crippen LogP) is 2.00. The number of carbonyl (C=O) groups is 1. The summed E-state index contributed by atoms with van der Waals surface area (Å²) in [6.45, 7) is 10.9. The van der Waals surface area contributed by atoms with Crippen LogP contribution in [0.1, 0.15) is 36.3 Å². The molecule has 8 heteroatoms. The van der Waals surface area contributed by atoms with Crippen molar-refractivity contribution in [1.82, 2.24) is 20.9 Å². The first-order valence-corrected chi connectivity index (χ1v) is 8.21.